The molecular weight excluding hydrogens is 384 g/mol. The lowest BCUT2D eigenvalue weighted by Crippen LogP contribution is -2.36. The number of nitrogens with zero attached hydrogens (tertiary/aromatic N) is 3. The summed E-state index contributed by atoms with van der Waals surface area (Å²) in [4.78, 5) is 7.09. The molecule has 2 aromatic carbocycles. The Balaban J connectivity index is 1.79. The van der Waals surface area contributed by atoms with Crippen LogP contribution < -0.4 is 10.6 Å². The maximum Gasteiger partial charge on any atom is 0.0727 e. The van der Waals surface area contributed by atoms with E-state index in [2.05, 4.69) is 40.8 Å². The van der Waals surface area contributed by atoms with Crippen molar-refractivity contribution in [2.45, 2.75) is 13.8 Å². The second kappa shape index (κ2) is 6.94. The fourth-order valence-electron chi connectivity index (χ4n) is 4.20. The van der Waals surface area contributed by atoms with Crippen LogP contribution in [-0.4, -0.2) is 35.9 Å². The molecule has 148 valence electrons. The summed E-state index contributed by atoms with van der Waals surface area (Å²) in [5, 5.41) is 2.79. The molecular formula is C23H23ClN4O. The molecule has 1 aliphatic heterocycles. The van der Waals surface area contributed by atoms with Crippen molar-refractivity contribution in [3.8, 4) is 5.69 Å². The molecule has 29 heavy (non-hydrogen) atoms. The molecule has 0 unspecified atom stereocenters. The number of benzene rings is 2. The van der Waals surface area contributed by atoms with Crippen molar-refractivity contribution in [3.63, 3.8) is 0 Å². The second-order valence-electron chi connectivity index (χ2n) is 7.59. The van der Waals surface area contributed by atoms with Gasteiger partial charge in [0.15, 0.2) is 0 Å². The zero-order chi connectivity index (χ0) is 20.1. The van der Waals surface area contributed by atoms with E-state index in [0.29, 0.717) is 5.02 Å². The highest BCUT2D eigenvalue weighted by Gasteiger charge is 2.18. The van der Waals surface area contributed by atoms with Crippen molar-refractivity contribution in [2.75, 3.05) is 36.9 Å². The van der Waals surface area contributed by atoms with Crippen LogP contribution in [0.5, 0.6) is 0 Å². The number of nitrogens with two attached hydrogens (primary N) is 1. The molecule has 6 heteroatoms. The summed E-state index contributed by atoms with van der Waals surface area (Å²) in [6.45, 7) is 7.38. The van der Waals surface area contributed by atoms with E-state index >= 15 is 0 Å². The number of halogens is 1. The summed E-state index contributed by atoms with van der Waals surface area (Å²) in [6, 6.07) is 12.2. The third-order valence-electron chi connectivity index (χ3n) is 5.84. The van der Waals surface area contributed by atoms with Crippen LogP contribution in [0.1, 0.15) is 11.3 Å². The normalized spacial score (nSPS) is 14.8. The maximum atomic E-state index is 6.46. The van der Waals surface area contributed by atoms with Gasteiger partial charge in [-0.2, -0.15) is 0 Å². The molecule has 4 aromatic rings. The molecule has 1 aliphatic rings. The molecule has 3 heterocycles. The fourth-order valence-corrected chi connectivity index (χ4v) is 4.37. The number of hydrogen-bond donors (Lipinski definition) is 1. The monoisotopic (exact) mass is 406 g/mol. The lowest BCUT2D eigenvalue weighted by Gasteiger charge is -2.29. The molecule has 0 radical (unpaired) electrons. The molecule has 0 saturated carbocycles. The Morgan fingerprint density at radius 2 is 1.83 bits per heavy atom. The minimum Gasteiger partial charge on any atom is -0.398 e. The molecule has 2 N–H and O–H groups in total. The summed E-state index contributed by atoms with van der Waals surface area (Å²) in [5.41, 5.74) is 13.6. The predicted molar refractivity (Wildman–Crippen MR) is 121 cm³/mol. The maximum absolute atomic E-state index is 6.46. The predicted octanol–water partition coefficient (Wildman–Crippen LogP) is 4.87. The summed E-state index contributed by atoms with van der Waals surface area (Å²) >= 11 is 6.34. The van der Waals surface area contributed by atoms with E-state index in [9.17, 15) is 0 Å². The zero-order valence-corrected chi connectivity index (χ0v) is 17.3. The largest absolute Gasteiger partial charge is 0.398 e. The summed E-state index contributed by atoms with van der Waals surface area (Å²) in [6.07, 6.45) is 2.09. The molecule has 2 aromatic heterocycles. The number of aromatic nitrogens is 2. The van der Waals surface area contributed by atoms with Gasteiger partial charge in [0, 0.05) is 52.2 Å². The van der Waals surface area contributed by atoms with Gasteiger partial charge in [0.1, 0.15) is 0 Å². The molecule has 1 fully saturated rings. The van der Waals surface area contributed by atoms with Gasteiger partial charge in [0.25, 0.3) is 0 Å². The van der Waals surface area contributed by atoms with Crippen molar-refractivity contribution in [1.82, 2.24) is 9.55 Å². The van der Waals surface area contributed by atoms with Gasteiger partial charge in [0.2, 0.25) is 0 Å². The van der Waals surface area contributed by atoms with Crippen LogP contribution in [0.25, 0.3) is 27.5 Å². The van der Waals surface area contributed by atoms with Crippen LogP contribution in [-0.2, 0) is 4.74 Å². The Kier molecular flexibility index (Phi) is 4.37. The number of morpholine rings is 1. The first kappa shape index (κ1) is 18.3. The Labute approximate surface area is 174 Å². The van der Waals surface area contributed by atoms with E-state index in [4.69, 9.17) is 27.1 Å². The van der Waals surface area contributed by atoms with Gasteiger partial charge in [-0.25, -0.2) is 0 Å². The molecule has 1 saturated heterocycles. The van der Waals surface area contributed by atoms with Crippen LogP contribution >= 0.6 is 11.6 Å². The van der Waals surface area contributed by atoms with Crippen molar-refractivity contribution in [1.29, 1.82) is 0 Å². The standard InChI is InChI=1S/C23H23ClN4O/c1-14-15(2)26-21-4-3-16(24)11-19(21)23(14)28-6-5-18-20(25)12-17(13-22(18)28)27-7-9-29-10-8-27/h3-6,11-13H,7-10,25H2,1-2H3. The molecule has 0 aliphatic carbocycles. The highest BCUT2D eigenvalue weighted by atomic mass is 35.5. The smallest absolute Gasteiger partial charge is 0.0727 e. The van der Waals surface area contributed by atoms with E-state index < -0.39 is 0 Å². The summed E-state index contributed by atoms with van der Waals surface area (Å²) < 4.78 is 7.73. The number of hydrogen-bond acceptors (Lipinski definition) is 4. The number of fused-ring (bicyclic) bond motifs is 2. The van der Waals surface area contributed by atoms with Crippen LogP contribution in [0.15, 0.2) is 42.6 Å². The average molecular weight is 407 g/mol. The number of ether oxygens (including phenoxy) is 1. The first-order chi connectivity index (χ1) is 14.0. The number of rotatable bonds is 2. The van der Waals surface area contributed by atoms with Crippen LogP contribution in [0, 0.1) is 13.8 Å². The van der Waals surface area contributed by atoms with Crippen LogP contribution in [0.4, 0.5) is 11.4 Å². The van der Waals surface area contributed by atoms with Crippen molar-refractivity contribution in [2.24, 2.45) is 0 Å². The van der Waals surface area contributed by atoms with E-state index in [0.717, 1.165) is 76.4 Å². The lowest BCUT2D eigenvalue weighted by atomic mass is 10.1. The SMILES string of the molecule is Cc1nc2ccc(Cl)cc2c(-n2ccc3c(N)cc(N4CCOCC4)cc32)c1C. The van der Waals surface area contributed by atoms with Crippen LogP contribution in [0.3, 0.4) is 0 Å². The van der Waals surface area contributed by atoms with Gasteiger partial charge in [-0.15, -0.1) is 0 Å². The van der Waals surface area contributed by atoms with Gasteiger partial charge in [0.05, 0.1) is 29.9 Å². The molecule has 5 rings (SSSR count). The molecule has 5 nitrogen and oxygen atoms in total. The van der Waals surface area contributed by atoms with Crippen molar-refractivity contribution >= 4 is 44.8 Å². The molecule has 0 spiro atoms. The summed E-state index contributed by atoms with van der Waals surface area (Å²) in [5.74, 6) is 0. The quantitative estimate of drug-likeness (QED) is 0.482. The Morgan fingerprint density at radius 3 is 2.62 bits per heavy atom. The molecule has 0 amide bonds. The highest BCUT2D eigenvalue weighted by molar-refractivity contribution is 6.31. The third kappa shape index (κ3) is 3.02. The molecule has 0 atom stereocenters. The topological polar surface area (TPSA) is 56.3 Å². The van der Waals surface area contributed by atoms with Crippen LogP contribution in [0.2, 0.25) is 5.02 Å². The first-order valence-electron chi connectivity index (χ1n) is 9.83. The van der Waals surface area contributed by atoms with E-state index in [-0.39, 0.29) is 0 Å². The fraction of sp³-hybridized carbons (Fsp3) is 0.261. The number of anilines is 2. The molecule has 0 bridgehead atoms. The average Bonchev–Trinajstić information content (AvgIpc) is 3.14. The number of aryl methyl sites for hydroxylation is 1. The summed E-state index contributed by atoms with van der Waals surface area (Å²) in [7, 11) is 0. The third-order valence-corrected chi connectivity index (χ3v) is 6.08. The Bertz CT molecular complexity index is 1240. The Hall–Kier alpha value is -2.76. The van der Waals surface area contributed by atoms with Gasteiger partial charge in [-0.3, -0.25) is 4.98 Å². The zero-order valence-electron chi connectivity index (χ0n) is 16.6. The number of pyridine rings is 1. The van der Waals surface area contributed by atoms with Gasteiger partial charge in [-0.05, 0) is 55.8 Å². The minimum atomic E-state index is 0.703. The Morgan fingerprint density at radius 1 is 1.03 bits per heavy atom. The van der Waals surface area contributed by atoms with Gasteiger partial charge < -0.3 is 19.9 Å². The van der Waals surface area contributed by atoms with E-state index in [1.807, 2.05) is 25.1 Å². The van der Waals surface area contributed by atoms with E-state index in [1.54, 1.807) is 0 Å². The van der Waals surface area contributed by atoms with Gasteiger partial charge in [-0.1, -0.05) is 11.6 Å². The minimum absolute atomic E-state index is 0.703. The second-order valence-corrected chi connectivity index (χ2v) is 8.02. The highest BCUT2D eigenvalue weighted by Crippen LogP contribution is 2.35. The first-order valence-corrected chi connectivity index (χ1v) is 10.2. The van der Waals surface area contributed by atoms with Crippen molar-refractivity contribution in [3.05, 3.63) is 58.9 Å². The van der Waals surface area contributed by atoms with Crippen molar-refractivity contribution < 1.29 is 4.74 Å². The number of nitrogen functional groups attached to an aromatic ring is 1. The van der Waals surface area contributed by atoms with Gasteiger partial charge >= 0.3 is 0 Å². The van der Waals surface area contributed by atoms with E-state index in [1.165, 1.54) is 0 Å². The lowest BCUT2D eigenvalue weighted by molar-refractivity contribution is 0.122.